The molecule has 0 fully saturated rings. The fourth-order valence-corrected chi connectivity index (χ4v) is 3.57. The highest BCUT2D eigenvalue weighted by atomic mass is 127. The van der Waals surface area contributed by atoms with Crippen LogP contribution >= 0.6 is 22.6 Å². The number of nitrogens with zero attached hydrogens (tertiary/aromatic N) is 2. The van der Waals surface area contributed by atoms with Crippen molar-refractivity contribution in [2.45, 2.75) is 13.8 Å². The van der Waals surface area contributed by atoms with E-state index in [1.54, 1.807) is 4.57 Å². The van der Waals surface area contributed by atoms with Crippen LogP contribution in [0.15, 0.2) is 71.5 Å². The van der Waals surface area contributed by atoms with E-state index >= 15 is 0 Å². The van der Waals surface area contributed by atoms with Gasteiger partial charge in [-0.05, 0) is 78.4 Å². The summed E-state index contributed by atoms with van der Waals surface area (Å²) < 4.78 is 2.70. The molecule has 28 heavy (non-hydrogen) atoms. The number of fused-ring (bicyclic) bond motifs is 1. The lowest BCUT2D eigenvalue weighted by atomic mass is 10.1. The molecule has 0 saturated carbocycles. The van der Waals surface area contributed by atoms with Gasteiger partial charge in [0.2, 0.25) is 0 Å². The van der Waals surface area contributed by atoms with Gasteiger partial charge in [0.1, 0.15) is 5.82 Å². The van der Waals surface area contributed by atoms with Crippen molar-refractivity contribution in [1.82, 2.24) is 9.55 Å². The molecule has 3 aromatic carbocycles. The maximum absolute atomic E-state index is 13.3. The molecule has 138 valence electrons. The molecule has 0 radical (unpaired) electrons. The molecule has 0 aliphatic rings. The first-order chi connectivity index (χ1) is 13.5. The average Bonchev–Trinajstić information content (AvgIpc) is 2.69. The lowest BCUT2D eigenvalue weighted by Gasteiger charge is -2.12. The van der Waals surface area contributed by atoms with Crippen molar-refractivity contribution in [2.75, 3.05) is 0 Å². The van der Waals surface area contributed by atoms with Crippen LogP contribution in [-0.4, -0.2) is 9.55 Å². The van der Waals surface area contributed by atoms with E-state index in [-0.39, 0.29) is 5.56 Å². The molecule has 1 aromatic heterocycles. The lowest BCUT2D eigenvalue weighted by molar-refractivity contribution is 0.943. The Kier molecular flexibility index (Phi) is 5.13. The Morgan fingerprint density at radius 2 is 1.50 bits per heavy atom. The zero-order valence-electron chi connectivity index (χ0n) is 15.7. The molecule has 0 N–H and O–H groups in total. The second kappa shape index (κ2) is 7.72. The minimum Gasteiger partial charge on any atom is -0.268 e. The Hall–Kier alpha value is -2.73. The van der Waals surface area contributed by atoms with Crippen LogP contribution in [0.1, 0.15) is 22.5 Å². The highest BCUT2D eigenvalue weighted by Crippen LogP contribution is 2.18. The highest BCUT2D eigenvalue weighted by Gasteiger charge is 2.11. The number of aromatic nitrogens is 2. The fourth-order valence-electron chi connectivity index (χ4n) is 3.08. The first-order valence-corrected chi connectivity index (χ1v) is 10.1. The van der Waals surface area contributed by atoms with Crippen molar-refractivity contribution in [3.05, 3.63) is 103 Å². The Labute approximate surface area is 177 Å². The van der Waals surface area contributed by atoms with Crippen LogP contribution in [0.25, 0.3) is 28.7 Å². The first kappa shape index (κ1) is 18.6. The second-order valence-corrected chi connectivity index (χ2v) is 8.10. The summed E-state index contributed by atoms with van der Waals surface area (Å²) >= 11 is 2.22. The molecular weight excluding hydrogens is 459 g/mol. The van der Waals surface area contributed by atoms with E-state index in [0.29, 0.717) is 16.7 Å². The molecule has 0 bridgehead atoms. The molecule has 0 spiro atoms. The molecule has 3 nitrogen and oxygen atoms in total. The summed E-state index contributed by atoms with van der Waals surface area (Å²) in [6, 6.07) is 22.0. The molecule has 0 aliphatic carbocycles. The second-order valence-electron chi connectivity index (χ2n) is 6.85. The number of hydrogen-bond donors (Lipinski definition) is 0. The van der Waals surface area contributed by atoms with Gasteiger partial charge in [-0.25, -0.2) is 4.98 Å². The largest absolute Gasteiger partial charge is 0.268 e. The van der Waals surface area contributed by atoms with E-state index in [1.807, 2.05) is 61.5 Å². The van der Waals surface area contributed by atoms with Gasteiger partial charge in [-0.2, -0.15) is 0 Å². The quantitative estimate of drug-likeness (QED) is 0.350. The summed E-state index contributed by atoms with van der Waals surface area (Å²) in [5, 5.41) is 0.625. The van der Waals surface area contributed by atoms with Gasteiger partial charge < -0.3 is 0 Å². The average molecular weight is 478 g/mol. The third-order valence-electron chi connectivity index (χ3n) is 4.65. The van der Waals surface area contributed by atoms with Crippen molar-refractivity contribution < 1.29 is 0 Å². The van der Waals surface area contributed by atoms with E-state index < -0.39 is 0 Å². The van der Waals surface area contributed by atoms with Crippen LogP contribution in [0.5, 0.6) is 0 Å². The zero-order valence-corrected chi connectivity index (χ0v) is 17.8. The van der Waals surface area contributed by atoms with E-state index in [4.69, 9.17) is 4.98 Å². The van der Waals surface area contributed by atoms with Gasteiger partial charge in [0, 0.05) is 3.57 Å². The van der Waals surface area contributed by atoms with Crippen LogP contribution in [-0.2, 0) is 0 Å². The van der Waals surface area contributed by atoms with Crippen LogP contribution in [0, 0.1) is 17.4 Å². The van der Waals surface area contributed by atoms with Crippen molar-refractivity contribution in [2.24, 2.45) is 0 Å². The Bertz CT molecular complexity index is 1240. The summed E-state index contributed by atoms with van der Waals surface area (Å²) in [5.74, 6) is 0.614. The molecule has 0 unspecified atom stereocenters. The molecule has 0 amide bonds. The number of halogens is 1. The van der Waals surface area contributed by atoms with Crippen LogP contribution in [0.2, 0.25) is 0 Å². The lowest BCUT2D eigenvalue weighted by Crippen LogP contribution is -2.22. The maximum atomic E-state index is 13.3. The maximum Gasteiger partial charge on any atom is 0.266 e. The predicted octanol–water partition coefficient (Wildman–Crippen LogP) is 5.78. The Morgan fingerprint density at radius 3 is 2.18 bits per heavy atom. The third-order valence-corrected chi connectivity index (χ3v) is 5.32. The molecule has 1 heterocycles. The number of hydrogen-bond acceptors (Lipinski definition) is 2. The normalized spacial score (nSPS) is 11.4. The number of aryl methyl sites for hydroxylation is 2. The van der Waals surface area contributed by atoms with Crippen LogP contribution in [0.4, 0.5) is 0 Å². The molecule has 4 heteroatoms. The SMILES string of the molecule is Cc1ccc(C=Cc2nc3ccc(I)cc3c(=O)n2-c2ccc(C)cc2)cc1. The van der Waals surface area contributed by atoms with Crippen LogP contribution < -0.4 is 5.56 Å². The van der Waals surface area contributed by atoms with Gasteiger partial charge in [-0.1, -0.05) is 53.6 Å². The summed E-state index contributed by atoms with van der Waals surface area (Å²) in [4.78, 5) is 18.1. The first-order valence-electron chi connectivity index (χ1n) is 9.05. The Balaban J connectivity index is 1.93. The number of rotatable bonds is 3. The zero-order chi connectivity index (χ0) is 19.7. The third kappa shape index (κ3) is 3.78. The summed E-state index contributed by atoms with van der Waals surface area (Å²) in [6.07, 6.45) is 3.90. The van der Waals surface area contributed by atoms with E-state index in [0.717, 1.165) is 20.4 Å². The van der Waals surface area contributed by atoms with Crippen molar-refractivity contribution in [1.29, 1.82) is 0 Å². The van der Waals surface area contributed by atoms with Crippen LogP contribution in [0.3, 0.4) is 0 Å². The summed E-state index contributed by atoms with van der Waals surface area (Å²) in [7, 11) is 0. The Morgan fingerprint density at radius 1 is 0.857 bits per heavy atom. The minimum absolute atomic E-state index is 0.0593. The number of benzene rings is 3. The molecule has 4 aromatic rings. The summed E-state index contributed by atoms with van der Waals surface area (Å²) in [5.41, 5.74) is 4.89. The van der Waals surface area contributed by atoms with Gasteiger partial charge in [0.25, 0.3) is 5.56 Å². The predicted molar refractivity (Wildman–Crippen MR) is 125 cm³/mol. The van der Waals surface area contributed by atoms with E-state index in [9.17, 15) is 4.79 Å². The van der Waals surface area contributed by atoms with E-state index in [1.165, 1.54) is 5.56 Å². The van der Waals surface area contributed by atoms with Gasteiger partial charge >= 0.3 is 0 Å². The van der Waals surface area contributed by atoms with Gasteiger partial charge in [0.05, 0.1) is 16.6 Å². The molecule has 0 aliphatic heterocycles. The molecule has 0 atom stereocenters. The monoisotopic (exact) mass is 478 g/mol. The van der Waals surface area contributed by atoms with Gasteiger partial charge in [-0.3, -0.25) is 9.36 Å². The smallest absolute Gasteiger partial charge is 0.266 e. The topological polar surface area (TPSA) is 34.9 Å². The molecule has 0 saturated heterocycles. The standard InChI is InChI=1S/C24H19IN2O/c1-16-3-7-18(8-4-16)9-14-23-26-22-13-10-19(25)15-21(22)24(28)27(23)20-11-5-17(2)6-12-20/h3-15H,1-2H3. The van der Waals surface area contributed by atoms with E-state index in [2.05, 4.69) is 53.8 Å². The van der Waals surface area contributed by atoms with Crippen molar-refractivity contribution in [3.8, 4) is 5.69 Å². The minimum atomic E-state index is -0.0593. The fraction of sp³-hybridized carbons (Fsp3) is 0.0833. The van der Waals surface area contributed by atoms with Gasteiger partial charge in [-0.15, -0.1) is 0 Å². The van der Waals surface area contributed by atoms with Gasteiger partial charge in [0.15, 0.2) is 0 Å². The highest BCUT2D eigenvalue weighted by molar-refractivity contribution is 14.1. The molecular formula is C24H19IN2O. The van der Waals surface area contributed by atoms with Crippen molar-refractivity contribution >= 4 is 45.6 Å². The molecule has 4 rings (SSSR count). The summed E-state index contributed by atoms with van der Waals surface area (Å²) in [6.45, 7) is 4.10. The van der Waals surface area contributed by atoms with Crippen molar-refractivity contribution in [3.63, 3.8) is 0 Å².